The molecule has 1 aliphatic heterocycles. The molecule has 1 N–H and O–H groups in total. The van der Waals surface area contributed by atoms with E-state index in [-0.39, 0.29) is 6.03 Å². The smallest absolute Gasteiger partial charge is 0.331 e. The van der Waals surface area contributed by atoms with Crippen LogP contribution in [0, 0.1) is 11.3 Å². The Morgan fingerprint density at radius 3 is 2.48 bits per heavy atom. The molecule has 3 rings (SSSR count). The number of benzene rings is 2. The Hall–Kier alpha value is -2.26. The molecule has 1 aliphatic rings. The SMILES string of the molecule is N#Cc1ccc(Cc2c(Cl)cc(N3N=CCNC3=O)cc2Cl)c(Cl)c1. The molecule has 2 aromatic carbocycles. The van der Waals surface area contributed by atoms with Crippen molar-refractivity contribution in [1.82, 2.24) is 5.32 Å². The number of urea groups is 1. The summed E-state index contributed by atoms with van der Waals surface area (Å²) in [5, 5.41) is 18.1. The summed E-state index contributed by atoms with van der Waals surface area (Å²) in [5.41, 5.74) is 2.43. The number of hydrogen-bond donors (Lipinski definition) is 1. The van der Waals surface area contributed by atoms with Crippen LogP contribution in [0.25, 0.3) is 0 Å². The molecule has 0 unspecified atom stereocenters. The van der Waals surface area contributed by atoms with Gasteiger partial charge in [-0.1, -0.05) is 40.9 Å². The number of amides is 2. The van der Waals surface area contributed by atoms with Crippen LogP contribution >= 0.6 is 34.8 Å². The number of nitriles is 1. The third kappa shape index (κ3) is 3.72. The summed E-state index contributed by atoms with van der Waals surface area (Å²) in [6.07, 6.45) is 1.98. The van der Waals surface area contributed by atoms with E-state index in [9.17, 15) is 4.79 Å². The van der Waals surface area contributed by atoms with E-state index < -0.39 is 0 Å². The fourth-order valence-electron chi connectivity index (χ4n) is 2.40. The van der Waals surface area contributed by atoms with Gasteiger partial charge in [0.2, 0.25) is 0 Å². The van der Waals surface area contributed by atoms with Gasteiger partial charge in [-0.05, 0) is 35.4 Å². The minimum atomic E-state index is -0.350. The molecule has 2 aromatic rings. The Bertz CT molecular complexity index is 898. The van der Waals surface area contributed by atoms with Crippen molar-refractivity contribution in [3.63, 3.8) is 0 Å². The molecule has 8 heteroatoms. The molecular weight excluding hydrogens is 383 g/mol. The summed E-state index contributed by atoms with van der Waals surface area (Å²) >= 11 is 19.0. The third-order valence-corrected chi connectivity index (χ3v) is 4.68. The zero-order valence-electron chi connectivity index (χ0n) is 12.8. The Balaban J connectivity index is 1.93. The number of anilines is 1. The monoisotopic (exact) mass is 392 g/mol. The van der Waals surface area contributed by atoms with E-state index in [1.807, 2.05) is 6.07 Å². The van der Waals surface area contributed by atoms with Crippen molar-refractivity contribution in [2.24, 2.45) is 5.10 Å². The summed E-state index contributed by atoms with van der Waals surface area (Å²) in [6.45, 7) is 0.381. The molecule has 0 atom stereocenters. The highest BCUT2D eigenvalue weighted by atomic mass is 35.5. The van der Waals surface area contributed by atoms with Crippen LogP contribution in [0.5, 0.6) is 0 Å². The topological polar surface area (TPSA) is 68.5 Å². The van der Waals surface area contributed by atoms with E-state index in [2.05, 4.69) is 10.4 Å². The number of rotatable bonds is 3. The van der Waals surface area contributed by atoms with Gasteiger partial charge in [-0.2, -0.15) is 15.4 Å². The first-order chi connectivity index (χ1) is 12.0. The Morgan fingerprint density at radius 2 is 1.88 bits per heavy atom. The molecule has 0 saturated carbocycles. The number of hydrazone groups is 1. The number of carbonyl (C=O) groups excluding carboxylic acids is 1. The van der Waals surface area contributed by atoms with E-state index in [0.29, 0.717) is 44.8 Å². The zero-order valence-corrected chi connectivity index (χ0v) is 15.0. The average molecular weight is 394 g/mol. The van der Waals surface area contributed by atoms with Crippen molar-refractivity contribution >= 4 is 52.7 Å². The van der Waals surface area contributed by atoms with Crippen LogP contribution in [0.4, 0.5) is 10.5 Å². The van der Waals surface area contributed by atoms with E-state index in [1.54, 1.807) is 36.5 Å². The molecule has 0 fully saturated rings. The second-order valence-electron chi connectivity index (χ2n) is 5.28. The quantitative estimate of drug-likeness (QED) is 0.826. The summed E-state index contributed by atoms with van der Waals surface area (Å²) in [5.74, 6) is 0. The van der Waals surface area contributed by atoms with Crippen molar-refractivity contribution in [3.05, 3.63) is 62.1 Å². The standard InChI is InChI=1S/C17H11Cl3N4O/c18-14-5-10(9-21)1-2-11(14)6-13-15(19)7-12(8-16(13)20)24-17(25)22-3-4-23-24/h1-2,4-5,7-8H,3,6H2,(H,22,25). The first-order valence-corrected chi connectivity index (χ1v) is 8.40. The highest BCUT2D eigenvalue weighted by molar-refractivity contribution is 6.36. The predicted molar refractivity (Wildman–Crippen MR) is 99.8 cm³/mol. The number of carbonyl (C=O) groups is 1. The van der Waals surface area contributed by atoms with Gasteiger partial charge in [-0.15, -0.1) is 0 Å². The molecule has 25 heavy (non-hydrogen) atoms. The van der Waals surface area contributed by atoms with Crippen molar-refractivity contribution in [2.75, 3.05) is 11.6 Å². The number of nitrogens with zero attached hydrogens (tertiary/aromatic N) is 3. The van der Waals surface area contributed by atoms with Gasteiger partial charge in [0.15, 0.2) is 0 Å². The summed E-state index contributed by atoms with van der Waals surface area (Å²) in [7, 11) is 0. The first-order valence-electron chi connectivity index (χ1n) is 7.26. The van der Waals surface area contributed by atoms with E-state index >= 15 is 0 Å². The fourth-order valence-corrected chi connectivity index (χ4v) is 3.25. The third-order valence-electron chi connectivity index (χ3n) is 3.65. The molecule has 2 amide bonds. The molecule has 126 valence electrons. The van der Waals surface area contributed by atoms with Crippen molar-refractivity contribution < 1.29 is 4.79 Å². The maximum Gasteiger partial charge on any atom is 0.342 e. The molecule has 0 bridgehead atoms. The molecule has 5 nitrogen and oxygen atoms in total. The van der Waals surface area contributed by atoms with E-state index in [0.717, 1.165) is 5.56 Å². The Morgan fingerprint density at radius 1 is 1.16 bits per heavy atom. The van der Waals surface area contributed by atoms with Crippen LogP contribution in [-0.4, -0.2) is 18.8 Å². The summed E-state index contributed by atoms with van der Waals surface area (Å²) in [6, 6.07) is 9.99. The lowest BCUT2D eigenvalue weighted by molar-refractivity contribution is 0.247. The zero-order chi connectivity index (χ0) is 18.0. The minimum absolute atomic E-state index is 0.350. The molecule has 0 radical (unpaired) electrons. The highest BCUT2D eigenvalue weighted by Crippen LogP contribution is 2.34. The van der Waals surface area contributed by atoms with Crippen LogP contribution < -0.4 is 10.3 Å². The number of nitrogens with one attached hydrogen (secondary N) is 1. The van der Waals surface area contributed by atoms with Crippen LogP contribution in [0.1, 0.15) is 16.7 Å². The fraction of sp³-hybridized carbons (Fsp3) is 0.118. The first kappa shape index (κ1) is 17.6. The molecule has 0 aliphatic carbocycles. The minimum Gasteiger partial charge on any atom is -0.331 e. The van der Waals surface area contributed by atoms with Crippen molar-refractivity contribution in [1.29, 1.82) is 5.26 Å². The Kier molecular flexibility index (Phi) is 5.14. The lowest BCUT2D eigenvalue weighted by atomic mass is 10.0. The maximum atomic E-state index is 11.9. The second-order valence-corrected chi connectivity index (χ2v) is 6.50. The highest BCUT2D eigenvalue weighted by Gasteiger charge is 2.20. The van der Waals surface area contributed by atoms with Gasteiger partial charge in [0.05, 0.1) is 23.9 Å². The van der Waals surface area contributed by atoms with Gasteiger partial charge in [-0.3, -0.25) is 0 Å². The van der Waals surface area contributed by atoms with Gasteiger partial charge in [0.1, 0.15) is 0 Å². The second kappa shape index (κ2) is 7.32. The normalized spacial score (nSPS) is 13.5. The van der Waals surface area contributed by atoms with Gasteiger partial charge >= 0.3 is 6.03 Å². The van der Waals surface area contributed by atoms with Gasteiger partial charge in [0, 0.05) is 27.7 Å². The van der Waals surface area contributed by atoms with Gasteiger partial charge in [0.25, 0.3) is 0 Å². The molecule has 0 aromatic heterocycles. The van der Waals surface area contributed by atoms with Crippen molar-refractivity contribution in [3.8, 4) is 6.07 Å². The lowest BCUT2D eigenvalue weighted by Gasteiger charge is -2.22. The van der Waals surface area contributed by atoms with Crippen LogP contribution in [0.15, 0.2) is 35.4 Å². The molecular formula is C17H11Cl3N4O. The average Bonchev–Trinajstić information content (AvgIpc) is 2.59. The van der Waals surface area contributed by atoms with E-state index in [1.165, 1.54) is 5.01 Å². The van der Waals surface area contributed by atoms with Gasteiger partial charge in [-0.25, -0.2) is 4.79 Å². The molecule has 0 spiro atoms. The van der Waals surface area contributed by atoms with Crippen LogP contribution in [0.2, 0.25) is 15.1 Å². The Labute approximate surface area is 159 Å². The lowest BCUT2D eigenvalue weighted by Crippen LogP contribution is -2.41. The number of halogens is 3. The predicted octanol–water partition coefficient (Wildman–Crippen LogP) is 4.62. The van der Waals surface area contributed by atoms with Crippen molar-refractivity contribution in [2.45, 2.75) is 6.42 Å². The largest absolute Gasteiger partial charge is 0.342 e. The van der Waals surface area contributed by atoms with Crippen LogP contribution in [0.3, 0.4) is 0 Å². The maximum absolute atomic E-state index is 11.9. The molecule has 1 heterocycles. The molecule has 0 saturated heterocycles. The summed E-state index contributed by atoms with van der Waals surface area (Å²) < 4.78 is 0. The number of hydrogen-bond acceptors (Lipinski definition) is 3. The van der Waals surface area contributed by atoms with Gasteiger partial charge < -0.3 is 5.32 Å². The van der Waals surface area contributed by atoms with E-state index in [4.69, 9.17) is 40.1 Å². The van der Waals surface area contributed by atoms with Crippen LogP contribution in [-0.2, 0) is 6.42 Å². The summed E-state index contributed by atoms with van der Waals surface area (Å²) in [4.78, 5) is 11.9.